The molecule has 0 spiro atoms. The molecular weight excluding hydrogens is 453 g/mol. The number of carbonyl (C=O) groups excluding carboxylic acids is 2. The highest BCUT2D eigenvalue weighted by Gasteiger charge is 2.40. The number of piperidine rings is 1. The zero-order valence-corrected chi connectivity index (χ0v) is 20.8. The number of carbonyl (C=O) groups is 2. The van der Waals surface area contributed by atoms with Crippen LogP contribution in [0, 0.1) is 11.7 Å². The van der Waals surface area contributed by atoms with Crippen LogP contribution in [0.5, 0.6) is 0 Å². The first-order valence-corrected chi connectivity index (χ1v) is 12.3. The van der Waals surface area contributed by atoms with Gasteiger partial charge in [0.2, 0.25) is 0 Å². The van der Waals surface area contributed by atoms with Gasteiger partial charge in [0.25, 0.3) is 0 Å². The number of esters is 1. The zero-order valence-electron chi connectivity index (χ0n) is 19.9. The Labute approximate surface area is 205 Å². The highest BCUT2D eigenvalue weighted by atomic mass is 32.1. The fourth-order valence-corrected chi connectivity index (χ4v) is 4.58. The fraction of sp³-hybridized carbons (Fsp3) is 0.500. The first-order chi connectivity index (χ1) is 16.1. The van der Waals surface area contributed by atoms with Gasteiger partial charge in [-0.25, -0.2) is 4.39 Å². The lowest BCUT2D eigenvalue weighted by Crippen LogP contribution is -2.42. The molecule has 0 radical (unpaired) electrons. The summed E-state index contributed by atoms with van der Waals surface area (Å²) in [6, 6.07) is 7.81. The number of benzene rings is 1. The van der Waals surface area contributed by atoms with E-state index >= 15 is 0 Å². The normalized spacial score (nSPS) is 21.4. The van der Waals surface area contributed by atoms with Crippen LogP contribution in [0.1, 0.15) is 57.3 Å². The van der Waals surface area contributed by atoms with Crippen molar-refractivity contribution in [3.05, 3.63) is 59.2 Å². The van der Waals surface area contributed by atoms with Crippen LogP contribution in [-0.2, 0) is 20.9 Å². The van der Waals surface area contributed by atoms with E-state index in [0.29, 0.717) is 24.3 Å². The molecule has 6 nitrogen and oxygen atoms in total. The van der Waals surface area contributed by atoms with Crippen molar-refractivity contribution >= 4 is 30.5 Å². The maximum atomic E-state index is 14.7. The quantitative estimate of drug-likeness (QED) is 0.463. The molecule has 2 aliphatic rings. The van der Waals surface area contributed by atoms with Crippen molar-refractivity contribution in [2.45, 2.75) is 63.5 Å². The number of aromatic nitrogens is 2. The van der Waals surface area contributed by atoms with Gasteiger partial charge in [-0.3, -0.25) is 19.2 Å². The number of ketones is 1. The van der Waals surface area contributed by atoms with E-state index < -0.39 is 11.6 Å². The molecule has 0 N–H and O–H groups in total. The van der Waals surface area contributed by atoms with Gasteiger partial charge in [-0.15, -0.1) is 0 Å². The van der Waals surface area contributed by atoms with Crippen molar-refractivity contribution in [1.29, 1.82) is 0 Å². The molecular formula is C26H32FN3O3S. The van der Waals surface area contributed by atoms with Gasteiger partial charge in [0, 0.05) is 36.0 Å². The second-order valence-electron chi connectivity index (χ2n) is 10.1. The monoisotopic (exact) mass is 485 g/mol. The minimum absolute atomic E-state index is 0.0181. The Bertz CT molecular complexity index is 1090. The molecule has 4 rings (SSSR count). The predicted molar refractivity (Wildman–Crippen MR) is 132 cm³/mol. The van der Waals surface area contributed by atoms with Crippen molar-refractivity contribution in [3.63, 3.8) is 0 Å². The van der Waals surface area contributed by atoms with Crippen molar-refractivity contribution in [1.82, 2.24) is 14.7 Å². The lowest BCUT2D eigenvalue weighted by atomic mass is 9.93. The minimum Gasteiger partial charge on any atom is -0.459 e. The van der Waals surface area contributed by atoms with Gasteiger partial charge in [-0.2, -0.15) is 17.7 Å². The van der Waals surface area contributed by atoms with Crippen molar-refractivity contribution < 1.29 is 18.7 Å². The summed E-state index contributed by atoms with van der Waals surface area (Å²) < 4.78 is 21.6. The third-order valence-corrected chi connectivity index (χ3v) is 6.61. The molecule has 2 heterocycles. The second-order valence-corrected chi connectivity index (χ2v) is 10.7. The van der Waals surface area contributed by atoms with Crippen LogP contribution in [0.15, 0.2) is 42.1 Å². The molecule has 2 aromatic rings. The molecule has 2 fully saturated rings. The molecule has 8 heteroatoms. The van der Waals surface area contributed by atoms with Gasteiger partial charge >= 0.3 is 5.97 Å². The number of nitrogens with zero attached hydrogens (tertiary/aromatic N) is 3. The molecule has 1 aliphatic carbocycles. The summed E-state index contributed by atoms with van der Waals surface area (Å²) in [6.45, 7) is 6.68. The summed E-state index contributed by atoms with van der Waals surface area (Å²) in [5.41, 5.74) is 1.61. The molecule has 0 bridgehead atoms. The number of thiol groups is 1. The summed E-state index contributed by atoms with van der Waals surface area (Å²) in [6.07, 6.45) is 6.20. The smallest absolute Gasteiger partial charge is 0.328 e. The molecule has 34 heavy (non-hydrogen) atoms. The third kappa shape index (κ3) is 6.16. The molecule has 1 aromatic carbocycles. The number of Topliss-reactive ketones (excluding diaryl/α,β-unsaturated/α-hetero) is 1. The summed E-state index contributed by atoms with van der Waals surface area (Å²) >= 11 is 4.75. The van der Waals surface area contributed by atoms with Crippen LogP contribution in [0.4, 0.5) is 4.39 Å². The summed E-state index contributed by atoms with van der Waals surface area (Å²) in [4.78, 5) is 27.4. The van der Waals surface area contributed by atoms with Gasteiger partial charge < -0.3 is 4.74 Å². The molecule has 1 aromatic heterocycles. The molecule has 1 aliphatic heterocycles. The van der Waals surface area contributed by atoms with E-state index in [1.165, 1.54) is 6.07 Å². The number of rotatable bonds is 7. The van der Waals surface area contributed by atoms with E-state index in [-0.39, 0.29) is 35.3 Å². The van der Waals surface area contributed by atoms with Crippen LogP contribution in [0.2, 0.25) is 0 Å². The molecule has 0 amide bonds. The first-order valence-electron chi connectivity index (χ1n) is 11.8. The Morgan fingerprint density at radius 1 is 1.24 bits per heavy atom. The van der Waals surface area contributed by atoms with E-state index in [4.69, 9.17) is 17.4 Å². The predicted octanol–water partition coefficient (Wildman–Crippen LogP) is 4.47. The minimum atomic E-state index is -0.595. The maximum Gasteiger partial charge on any atom is 0.328 e. The molecule has 182 valence electrons. The number of ether oxygens (including phenoxy) is 1. The highest BCUT2D eigenvalue weighted by molar-refractivity contribution is 7.81. The van der Waals surface area contributed by atoms with Crippen LogP contribution >= 0.6 is 12.6 Å². The van der Waals surface area contributed by atoms with Crippen LogP contribution in [0.25, 0.3) is 6.08 Å². The van der Waals surface area contributed by atoms with Crippen LogP contribution in [-0.4, -0.2) is 50.4 Å². The molecule has 2 atom stereocenters. The van der Waals surface area contributed by atoms with E-state index in [0.717, 1.165) is 24.8 Å². The number of hydrogen-bond acceptors (Lipinski definition) is 6. The second kappa shape index (κ2) is 10.0. The average Bonchev–Trinajstić information content (AvgIpc) is 3.51. The summed E-state index contributed by atoms with van der Waals surface area (Å²) in [5, 5.41) is 4.50. The van der Waals surface area contributed by atoms with E-state index in [1.807, 2.05) is 32.9 Å². The van der Waals surface area contributed by atoms with Crippen molar-refractivity contribution in [2.75, 3.05) is 13.1 Å². The fourth-order valence-electron chi connectivity index (χ4n) is 4.31. The van der Waals surface area contributed by atoms with E-state index in [9.17, 15) is 14.0 Å². The van der Waals surface area contributed by atoms with Gasteiger partial charge in [0.1, 0.15) is 18.0 Å². The van der Waals surface area contributed by atoms with Crippen molar-refractivity contribution in [3.8, 4) is 0 Å². The van der Waals surface area contributed by atoms with Gasteiger partial charge in [0.05, 0.1) is 11.7 Å². The summed E-state index contributed by atoms with van der Waals surface area (Å²) in [7, 11) is 0. The molecule has 1 saturated carbocycles. The SMILES string of the molecule is CC(C)(C)OC(=O)Cn1ccc(/C=C2\CN(C(C(=O)C3CC3)c3ccccc3F)CCC2S)n1. The number of hydrogen-bond donors (Lipinski definition) is 1. The third-order valence-electron chi connectivity index (χ3n) is 6.02. The lowest BCUT2D eigenvalue weighted by molar-refractivity contribution is -0.155. The highest BCUT2D eigenvalue weighted by Crippen LogP contribution is 2.39. The maximum absolute atomic E-state index is 14.7. The number of halogens is 1. The first kappa shape index (κ1) is 24.7. The Morgan fingerprint density at radius 3 is 2.65 bits per heavy atom. The van der Waals surface area contributed by atoms with E-state index in [2.05, 4.69) is 10.00 Å². The lowest BCUT2D eigenvalue weighted by Gasteiger charge is -2.37. The summed E-state index contributed by atoms with van der Waals surface area (Å²) in [5.74, 6) is -0.573. The molecule has 2 unspecified atom stereocenters. The molecule has 1 saturated heterocycles. The zero-order chi connectivity index (χ0) is 24.5. The Kier molecular flexibility index (Phi) is 7.28. The average molecular weight is 486 g/mol. The number of likely N-dealkylation sites (tertiary alicyclic amines) is 1. The van der Waals surface area contributed by atoms with Gasteiger partial charge in [-0.1, -0.05) is 18.2 Å². The standard InChI is InChI=1S/C26H32FN3O3S/c1-26(2,3)33-23(31)16-30-13-10-19(28-30)14-18-15-29(12-11-22(18)34)24(25(32)17-8-9-17)20-6-4-5-7-21(20)27/h4-7,10,13-14,17,22,24,34H,8-9,11-12,15-16H2,1-3H3/b18-14+. The van der Waals surface area contributed by atoms with E-state index in [1.54, 1.807) is 29.1 Å². The Morgan fingerprint density at radius 2 is 1.97 bits per heavy atom. The largest absolute Gasteiger partial charge is 0.459 e. The Balaban J connectivity index is 1.52. The topological polar surface area (TPSA) is 64.4 Å². The Hall–Kier alpha value is -2.45. The van der Waals surface area contributed by atoms with Crippen LogP contribution < -0.4 is 0 Å². The van der Waals surface area contributed by atoms with Gasteiger partial charge in [-0.05, 0) is 63.8 Å². The van der Waals surface area contributed by atoms with Crippen LogP contribution in [0.3, 0.4) is 0 Å². The van der Waals surface area contributed by atoms with Crippen molar-refractivity contribution in [2.24, 2.45) is 5.92 Å². The van der Waals surface area contributed by atoms with Gasteiger partial charge in [0.15, 0.2) is 5.78 Å².